The Morgan fingerprint density at radius 3 is 2.67 bits per heavy atom. The second kappa shape index (κ2) is 4.21. The summed E-state index contributed by atoms with van der Waals surface area (Å²) < 4.78 is 7.34. The molecule has 5 heteroatoms. The van der Waals surface area contributed by atoms with Gasteiger partial charge in [-0.15, -0.1) is 0 Å². The Bertz CT molecular complexity index is 1020. The summed E-state index contributed by atoms with van der Waals surface area (Å²) in [6.07, 6.45) is 1.50. The SMILES string of the molecule is O=c1c2ccc(O)cc2oc2c1cnn2-c1ccccc1. The zero-order valence-corrected chi connectivity index (χ0v) is 10.9. The van der Waals surface area contributed by atoms with Gasteiger partial charge in [-0.2, -0.15) is 5.10 Å². The van der Waals surface area contributed by atoms with Crippen molar-refractivity contribution in [2.45, 2.75) is 0 Å². The lowest BCUT2D eigenvalue weighted by Gasteiger charge is -2.03. The van der Waals surface area contributed by atoms with Gasteiger partial charge < -0.3 is 9.52 Å². The van der Waals surface area contributed by atoms with Crippen molar-refractivity contribution in [3.8, 4) is 11.4 Å². The van der Waals surface area contributed by atoms with E-state index in [9.17, 15) is 9.90 Å². The minimum absolute atomic E-state index is 0.0516. The molecule has 0 bridgehead atoms. The van der Waals surface area contributed by atoms with E-state index in [0.29, 0.717) is 22.1 Å². The van der Waals surface area contributed by atoms with Gasteiger partial charge in [-0.05, 0) is 24.3 Å². The Hall–Kier alpha value is -3.08. The summed E-state index contributed by atoms with van der Waals surface area (Å²) >= 11 is 0. The summed E-state index contributed by atoms with van der Waals surface area (Å²) in [6.45, 7) is 0. The molecule has 0 spiro atoms. The van der Waals surface area contributed by atoms with E-state index < -0.39 is 0 Å². The number of fused-ring (bicyclic) bond motifs is 2. The third-order valence-corrected chi connectivity index (χ3v) is 3.39. The van der Waals surface area contributed by atoms with E-state index in [1.807, 2.05) is 30.3 Å². The quantitative estimate of drug-likeness (QED) is 0.581. The highest BCUT2D eigenvalue weighted by molar-refractivity contribution is 5.89. The number of rotatable bonds is 1. The molecule has 0 aliphatic heterocycles. The molecule has 2 aromatic heterocycles. The summed E-state index contributed by atoms with van der Waals surface area (Å²) in [6, 6.07) is 13.9. The van der Waals surface area contributed by atoms with Gasteiger partial charge in [0.1, 0.15) is 16.7 Å². The van der Waals surface area contributed by atoms with Gasteiger partial charge in [0, 0.05) is 6.07 Å². The van der Waals surface area contributed by atoms with Crippen LogP contribution in [0.3, 0.4) is 0 Å². The zero-order valence-electron chi connectivity index (χ0n) is 10.9. The van der Waals surface area contributed by atoms with Gasteiger partial charge in [0.15, 0.2) is 0 Å². The maximum Gasteiger partial charge on any atom is 0.233 e. The van der Waals surface area contributed by atoms with Gasteiger partial charge >= 0.3 is 0 Å². The number of benzene rings is 2. The van der Waals surface area contributed by atoms with Crippen LogP contribution in [0, 0.1) is 0 Å². The third-order valence-electron chi connectivity index (χ3n) is 3.39. The van der Waals surface area contributed by atoms with Gasteiger partial charge in [-0.1, -0.05) is 18.2 Å². The standard InChI is InChI=1S/C16H10N2O3/c19-11-6-7-12-14(8-11)21-16-13(15(12)20)9-17-18(16)10-4-2-1-3-5-10/h1-9,19H. The van der Waals surface area contributed by atoms with E-state index in [1.165, 1.54) is 18.3 Å². The van der Waals surface area contributed by atoms with Crippen molar-refractivity contribution in [2.24, 2.45) is 0 Å². The fourth-order valence-electron chi connectivity index (χ4n) is 2.38. The molecule has 0 amide bonds. The molecule has 0 saturated carbocycles. The van der Waals surface area contributed by atoms with Crippen molar-refractivity contribution >= 4 is 22.1 Å². The molecule has 102 valence electrons. The van der Waals surface area contributed by atoms with Crippen molar-refractivity contribution in [1.29, 1.82) is 0 Å². The van der Waals surface area contributed by atoms with Gasteiger partial charge in [-0.25, -0.2) is 4.68 Å². The van der Waals surface area contributed by atoms with Crippen LogP contribution in [-0.4, -0.2) is 14.9 Å². The lowest BCUT2D eigenvalue weighted by molar-refractivity contribution is 0.474. The maximum atomic E-state index is 12.4. The van der Waals surface area contributed by atoms with Crippen LogP contribution < -0.4 is 5.43 Å². The second-order valence-corrected chi connectivity index (χ2v) is 4.72. The number of aromatic hydroxyl groups is 1. The molecule has 4 aromatic rings. The van der Waals surface area contributed by atoms with E-state index in [1.54, 1.807) is 10.7 Å². The Balaban J connectivity index is 2.13. The van der Waals surface area contributed by atoms with Crippen molar-refractivity contribution in [3.63, 3.8) is 0 Å². The lowest BCUT2D eigenvalue weighted by Crippen LogP contribution is -2.02. The molecule has 0 saturated heterocycles. The second-order valence-electron chi connectivity index (χ2n) is 4.72. The van der Waals surface area contributed by atoms with Crippen molar-refractivity contribution in [1.82, 2.24) is 9.78 Å². The van der Waals surface area contributed by atoms with Crippen LogP contribution in [0.25, 0.3) is 27.8 Å². The Kier molecular flexibility index (Phi) is 2.35. The van der Waals surface area contributed by atoms with Crippen LogP contribution in [-0.2, 0) is 0 Å². The number of phenolic OH excluding ortho intramolecular Hbond substituents is 1. The van der Waals surface area contributed by atoms with Crippen LogP contribution in [0.4, 0.5) is 0 Å². The van der Waals surface area contributed by atoms with Gasteiger partial charge in [-0.3, -0.25) is 4.79 Å². The summed E-state index contributed by atoms with van der Waals surface area (Å²) in [7, 11) is 0. The highest BCUT2D eigenvalue weighted by atomic mass is 16.3. The number of hydrogen-bond acceptors (Lipinski definition) is 4. The minimum Gasteiger partial charge on any atom is -0.508 e. The molecule has 0 radical (unpaired) electrons. The average Bonchev–Trinajstić information content (AvgIpc) is 2.92. The van der Waals surface area contributed by atoms with Crippen molar-refractivity contribution in [2.75, 3.05) is 0 Å². The van der Waals surface area contributed by atoms with E-state index >= 15 is 0 Å². The molecule has 2 aromatic carbocycles. The number of aromatic nitrogens is 2. The fraction of sp³-hybridized carbons (Fsp3) is 0. The molecule has 0 unspecified atom stereocenters. The van der Waals surface area contributed by atoms with Gasteiger partial charge in [0.2, 0.25) is 11.1 Å². The average molecular weight is 278 g/mol. The molecule has 1 N–H and O–H groups in total. The maximum absolute atomic E-state index is 12.4. The predicted molar refractivity (Wildman–Crippen MR) is 78.8 cm³/mol. The first-order valence-corrected chi connectivity index (χ1v) is 6.43. The predicted octanol–water partition coefficient (Wildman–Crippen LogP) is 2.84. The van der Waals surface area contributed by atoms with E-state index in [4.69, 9.17) is 4.42 Å². The largest absolute Gasteiger partial charge is 0.508 e. The van der Waals surface area contributed by atoms with Crippen molar-refractivity contribution < 1.29 is 9.52 Å². The number of phenols is 1. The van der Waals surface area contributed by atoms with Crippen LogP contribution in [0.5, 0.6) is 5.75 Å². The molecular weight excluding hydrogens is 268 g/mol. The smallest absolute Gasteiger partial charge is 0.233 e. The Morgan fingerprint density at radius 1 is 1.05 bits per heavy atom. The van der Waals surface area contributed by atoms with Crippen LogP contribution in [0.2, 0.25) is 0 Å². The normalized spacial score (nSPS) is 11.2. The lowest BCUT2D eigenvalue weighted by atomic mass is 10.2. The van der Waals surface area contributed by atoms with Crippen LogP contribution in [0.15, 0.2) is 63.9 Å². The van der Waals surface area contributed by atoms with E-state index in [-0.39, 0.29) is 11.2 Å². The van der Waals surface area contributed by atoms with Crippen LogP contribution in [0.1, 0.15) is 0 Å². The number of para-hydroxylation sites is 1. The van der Waals surface area contributed by atoms with E-state index in [0.717, 1.165) is 5.69 Å². The Labute approximate surface area is 118 Å². The highest BCUT2D eigenvalue weighted by Gasteiger charge is 2.14. The summed E-state index contributed by atoms with van der Waals surface area (Å²) in [4.78, 5) is 12.4. The first kappa shape index (κ1) is 11.7. The Morgan fingerprint density at radius 2 is 1.86 bits per heavy atom. The summed E-state index contributed by atoms with van der Waals surface area (Å²) in [5.74, 6) is 0.0516. The van der Waals surface area contributed by atoms with Gasteiger partial charge in [0.05, 0.1) is 17.3 Å². The summed E-state index contributed by atoms with van der Waals surface area (Å²) in [5, 5.41) is 14.6. The molecule has 0 fully saturated rings. The number of nitrogens with zero attached hydrogens (tertiary/aromatic N) is 2. The molecule has 0 atom stereocenters. The molecule has 21 heavy (non-hydrogen) atoms. The van der Waals surface area contributed by atoms with Gasteiger partial charge in [0.25, 0.3) is 0 Å². The molecule has 0 aliphatic carbocycles. The monoisotopic (exact) mass is 278 g/mol. The highest BCUT2D eigenvalue weighted by Crippen LogP contribution is 2.23. The number of hydrogen-bond donors (Lipinski definition) is 1. The molecule has 2 heterocycles. The van der Waals surface area contributed by atoms with E-state index in [2.05, 4.69) is 5.10 Å². The first-order chi connectivity index (χ1) is 10.2. The molecule has 4 rings (SSSR count). The zero-order chi connectivity index (χ0) is 14.4. The molecular formula is C16H10N2O3. The van der Waals surface area contributed by atoms with Crippen molar-refractivity contribution in [3.05, 3.63) is 65.0 Å². The van der Waals surface area contributed by atoms with Crippen LogP contribution >= 0.6 is 0 Å². The molecule has 0 aliphatic rings. The molecule has 5 nitrogen and oxygen atoms in total. The fourth-order valence-corrected chi connectivity index (χ4v) is 2.38. The minimum atomic E-state index is -0.159. The first-order valence-electron chi connectivity index (χ1n) is 6.43. The topological polar surface area (TPSA) is 68.3 Å². The summed E-state index contributed by atoms with van der Waals surface area (Å²) in [5.41, 5.74) is 1.35. The third kappa shape index (κ3) is 1.71.